The maximum Gasteiger partial charge on any atom is 0.254 e. The average Bonchev–Trinajstić information content (AvgIpc) is 3.05. The van der Waals surface area contributed by atoms with E-state index < -0.39 is 0 Å². The van der Waals surface area contributed by atoms with Gasteiger partial charge in [-0.15, -0.1) is 0 Å². The first-order chi connectivity index (χ1) is 11.2. The molecule has 0 aliphatic heterocycles. The molecule has 6 nitrogen and oxygen atoms in total. The predicted molar refractivity (Wildman–Crippen MR) is 93.7 cm³/mol. The number of thioether (sulfide) groups is 1. The number of hydrogen-bond acceptors (Lipinski definition) is 6. The fourth-order valence-corrected chi connectivity index (χ4v) is 3.06. The standard InChI is InChI=1S/C16H19N5OS/c1-11(14(9-22)23-2)19-15-8-13(12-6-4-3-5-7-12)20-16-17-10-18-21(15)16/h3-8,10-11,14,19,22H,9H2,1-2H3/t11-,14-/m0/s1. The highest BCUT2D eigenvalue weighted by atomic mass is 32.2. The Bertz CT molecular complexity index is 772. The maximum atomic E-state index is 9.47. The second-order valence-electron chi connectivity index (χ2n) is 5.25. The van der Waals surface area contributed by atoms with Gasteiger partial charge in [0.25, 0.3) is 5.78 Å². The number of anilines is 1. The van der Waals surface area contributed by atoms with Gasteiger partial charge >= 0.3 is 0 Å². The Morgan fingerprint density at radius 1 is 1.30 bits per heavy atom. The molecule has 3 aromatic rings. The number of fused-ring (bicyclic) bond motifs is 1. The molecule has 0 bridgehead atoms. The van der Waals surface area contributed by atoms with Gasteiger partial charge in [0, 0.05) is 22.9 Å². The zero-order chi connectivity index (χ0) is 16.2. The lowest BCUT2D eigenvalue weighted by Gasteiger charge is -2.22. The molecule has 7 heteroatoms. The number of hydrogen-bond donors (Lipinski definition) is 2. The molecule has 0 amide bonds. The van der Waals surface area contributed by atoms with Crippen molar-refractivity contribution in [1.29, 1.82) is 0 Å². The summed E-state index contributed by atoms with van der Waals surface area (Å²) >= 11 is 1.63. The van der Waals surface area contributed by atoms with Crippen molar-refractivity contribution in [2.24, 2.45) is 0 Å². The third kappa shape index (κ3) is 3.30. The minimum atomic E-state index is 0.0772. The van der Waals surface area contributed by atoms with Crippen LogP contribution in [0.3, 0.4) is 0 Å². The summed E-state index contributed by atoms with van der Waals surface area (Å²) in [6.07, 6.45) is 3.48. The lowest BCUT2D eigenvalue weighted by molar-refractivity contribution is 0.288. The second kappa shape index (κ2) is 6.97. The second-order valence-corrected chi connectivity index (χ2v) is 6.33. The summed E-state index contributed by atoms with van der Waals surface area (Å²) < 4.78 is 1.68. The van der Waals surface area contributed by atoms with Gasteiger partial charge in [0.2, 0.25) is 0 Å². The van der Waals surface area contributed by atoms with Gasteiger partial charge < -0.3 is 10.4 Å². The first kappa shape index (κ1) is 15.8. The van der Waals surface area contributed by atoms with Gasteiger partial charge in [-0.05, 0) is 13.2 Å². The van der Waals surface area contributed by atoms with Crippen LogP contribution in [0.4, 0.5) is 5.82 Å². The number of benzene rings is 1. The third-order valence-corrected chi connectivity index (χ3v) is 4.90. The van der Waals surface area contributed by atoms with Crippen molar-refractivity contribution >= 4 is 23.4 Å². The molecule has 120 valence electrons. The molecule has 23 heavy (non-hydrogen) atoms. The highest BCUT2D eigenvalue weighted by Crippen LogP contribution is 2.23. The Morgan fingerprint density at radius 2 is 2.09 bits per heavy atom. The molecule has 0 radical (unpaired) electrons. The average molecular weight is 329 g/mol. The monoisotopic (exact) mass is 329 g/mol. The normalized spacial score (nSPS) is 13.9. The number of aromatic nitrogens is 4. The van der Waals surface area contributed by atoms with Crippen LogP contribution < -0.4 is 5.32 Å². The Hall–Kier alpha value is -2.12. The fraction of sp³-hybridized carbons (Fsp3) is 0.312. The van der Waals surface area contributed by atoms with E-state index in [2.05, 4.69) is 20.4 Å². The molecule has 0 aliphatic carbocycles. The van der Waals surface area contributed by atoms with E-state index in [-0.39, 0.29) is 17.9 Å². The van der Waals surface area contributed by atoms with Crippen LogP contribution in [0.5, 0.6) is 0 Å². The van der Waals surface area contributed by atoms with E-state index in [0.29, 0.717) is 5.78 Å². The van der Waals surface area contributed by atoms with Crippen LogP contribution in [0.2, 0.25) is 0 Å². The lowest BCUT2D eigenvalue weighted by Crippen LogP contribution is -2.31. The first-order valence-electron chi connectivity index (χ1n) is 7.39. The Kier molecular flexibility index (Phi) is 4.78. The summed E-state index contributed by atoms with van der Waals surface area (Å²) in [5, 5.41) is 17.2. The van der Waals surface area contributed by atoms with Crippen molar-refractivity contribution in [3.63, 3.8) is 0 Å². The number of nitrogens with one attached hydrogen (secondary N) is 1. The van der Waals surface area contributed by atoms with Crippen LogP contribution in [-0.2, 0) is 0 Å². The van der Waals surface area contributed by atoms with E-state index in [0.717, 1.165) is 17.1 Å². The topological polar surface area (TPSA) is 75.3 Å². The van der Waals surface area contributed by atoms with Crippen LogP contribution >= 0.6 is 11.8 Å². The molecule has 0 fully saturated rings. The number of rotatable bonds is 6. The van der Waals surface area contributed by atoms with Crippen LogP contribution in [0.15, 0.2) is 42.7 Å². The van der Waals surface area contributed by atoms with Crippen LogP contribution in [0, 0.1) is 0 Å². The Labute approximate surface area is 139 Å². The number of nitrogens with zero attached hydrogens (tertiary/aromatic N) is 4. The van der Waals surface area contributed by atoms with Crippen LogP contribution in [0.25, 0.3) is 17.0 Å². The van der Waals surface area contributed by atoms with Crippen molar-refractivity contribution in [2.75, 3.05) is 18.2 Å². The minimum Gasteiger partial charge on any atom is -0.395 e. The SMILES string of the molecule is CS[C@@H](CO)[C@H](C)Nc1cc(-c2ccccc2)nc2ncnn12. The smallest absolute Gasteiger partial charge is 0.254 e. The maximum absolute atomic E-state index is 9.47. The fourth-order valence-electron chi connectivity index (χ4n) is 2.43. The molecule has 0 saturated carbocycles. The highest BCUT2D eigenvalue weighted by molar-refractivity contribution is 7.99. The van der Waals surface area contributed by atoms with E-state index in [1.165, 1.54) is 6.33 Å². The summed E-state index contributed by atoms with van der Waals surface area (Å²) in [4.78, 5) is 8.76. The van der Waals surface area contributed by atoms with E-state index in [4.69, 9.17) is 0 Å². The molecular formula is C16H19N5OS. The van der Waals surface area contributed by atoms with Gasteiger partial charge in [0.15, 0.2) is 0 Å². The summed E-state index contributed by atoms with van der Waals surface area (Å²) in [6, 6.07) is 12.0. The molecular weight excluding hydrogens is 310 g/mol. The zero-order valence-electron chi connectivity index (χ0n) is 13.0. The molecule has 2 atom stereocenters. The molecule has 0 spiro atoms. The molecule has 0 aliphatic rings. The Morgan fingerprint density at radius 3 is 2.78 bits per heavy atom. The predicted octanol–water partition coefficient (Wildman–Crippen LogP) is 2.32. The summed E-state index contributed by atoms with van der Waals surface area (Å²) in [6.45, 7) is 2.16. The van der Waals surface area contributed by atoms with E-state index in [9.17, 15) is 5.11 Å². The number of aliphatic hydroxyl groups is 1. The van der Waals surface area contributed by atoms with E-state index >= 15 is 0 Å². The molecule has 2 aromatic heterocycles. The van der Waals surface area contributed by atoms with Gasteiger partial charge in [0.05, 0.1) is 12.3 Å². The summed E-state index contributed by atoms with van der Waals surface area (Å²) in [5.41, 5.74) is 1.86. The van der Waals surface area contributed by atoms with E-state index in [1.807, 2.05) is 49.6 Å². The Balaban J connectivity index is 2.00. The van der Waals surface area contributed by atoms with E-state index in [1.54, 1.807) is 16.3 Å². The zero-order valence-corrected chi connectivity index (χ0v) is 13.9. The summed E-state index contributed by atoms with van der Waals surface area (Å²) in [7, 11) is 0. The minimum absolute atomic E-state index is 0.0772. The summed E-state index contributed by atoms with van der Waals surface area (Å²) in [5.74, 6) is 1.36. The van der Waals surface area contributed by atoms with Crippen LogP contribution in [0.1, 0.15) is 6.92 Å². The quantitative estimate of drug-likeness (QED) is 0.723. The lowest BCUT2D eigenvalue weighted by atomic mass is 10.1. The number of aliphatic hydroxyl groups excluding tert-OH is 1. The van der Waals surface area contributed by atoms with Crippen molar-refractivity contribution in [3.05, 3.63) is 42.7 Å². The molecule has 0 unspecified atom stereocenters. The first-order valence-corrected chi connectivity index (χ1v) is 8.68. The van der Waals surface area contributed by atoms with Gasteiger partial charge in [-0.2, -0.15) is 26.4 Å². The van der Waals surface area contributed by atoms with Crippen molar-refractivity contribution < 1.29 is 5.11 Å². The van der Waals surface area contributed by atoms with Gasteiger partial charge in [0.1, 0.15) is 12.1 Å². The van der Waals surface area contributed by atoms with Gasteiger partial charge in [-0.3, -0.25) is 0 Å². The molecule has 3 rings (SSSR count). The highest BCUT2D eigenvalue weighted by Gasteiger charge is 2.17. The molecule has 2 heterocycles. The largest absolute Gasteiger partial charge is 0.395 e. The third-order valence-electron chi connectivity index (χ3n) is 3.74. The van der Waals surface area contributed by atoms with Crippen molar-refractivity contribution in [2.45, 2.75) is 18.2 Å². The van der Waals surface area contributed by atoms with Gasteiger partial charge in [-0.1, -0.05) is 30.3 Å². The molecule has 0 saturated heterocycles. The van der Waals surface area contributed by atoms with Crippen LogP contribution in [-0.4, -0.2) is 48.8 Å². The molecule has 1 aromatic carbocycles. The molecule has 2 N–H and O–H groups in total. The van der Waals surface area contributed by atoms with Crippen molar-refractivity contribution in [3.8, 4) is 11.3 Å². The van der Waals surface area contributed by atoms with Gasteiger partial charge in [-0.25, -0.2) is 4.98 Å². The van der Waals surface area contributed by atoms with Crippen molar-refractivity contribution in [1.82, 2.24) is 19.6 Å².